The molecule has 0 atom stereocenters. The van der Waals surface area contributed by atoms with E-state index in [0.29, 0.717) is 5.13 Å². The Balaban J connectivity index is 1.71. The van der Waals surface area contributed by atoms with E-state index in [1.807, 2.05) is 6.92 Å². The van der Waals surface area contributed by atoms with Crippen molar-refractivity contribution in [3.05, 3.63) is 21.3 Å². The Morgan fingerprint density at radius 2 is 2.11 bits per heavy atom. The van der Waals surface area contributed by atoms with Crippen LogP contribution in [0.3, 0.4) is 0 Å². The van der Waals surface area contributed by atoms with Crippen molar-refractivity contribution < 1.29 is 4.79 Å². The maximum absolute atomic E-state index is 12.2. The van der Waals surface area contributed by atoms with Crippen molar-refractivity contribution in [2.45, 2.75) is 51.7 Å². The van der Waals surface area contributed by atoms with Gasteiger partial charge in [0.05, 0.1) is 5.75 Å². The molecule has 0 aliphatic heterocycles. The molecule has 0 saturated heterocycles. The van der Waals surface area contributed by atoms with E-state index in [4.69, 9.17) is 0 Å². The molecule has 3 heterocycles. The zero-order valence-electron chi connectivity index (χ0n) is 15.7. The fourth-order valence-electron chi connectivity index (χ4n) is 2.55. The van der Waals surface area contributed by atoms with Crippen LogP contribution in [0.15, 0.2) is 16.6 Å². The second kappa shape index (κ2) is 8.94. The highest BCUT2D eigenvalue weighted by Gasteiger charge is 2.19. The summed E-state index contributed by atoms with van der Waals surface area (Å²) in [5.41, 5.74) is 1.09. The smallest absolute Gasteiger partial charge is 0.236 e. The van der Waals surface area contributed by atoms with Crippen LogP contribution < -0.4 is 5.32 Å². The first-order valence-electron chi connectivity index (χ1n) is 8.73. The molecule has 27 heavy (non-hydrogen) atoms. The van der Waals surface area contributed by atoms with Crippen LogP contribution in [0, 0.1) is 6.92 Å². The lowest BCUT2D eigenvalue weighted by atomic mass is 10.2. The third-order valence-corrected chi connectivity index (χ3v) is 6.39. The summed E-state index contributed by atoms with van der Waals surface area (Å²) in [5.74, 6) is 0.969. The molecule has 0 saturated carbocycles. The minimum atomic E-state index is -0.128. The molecule has 0 aromatic carbocycles. The van der Waals surface area contributed by atoms with Crippen LogP contribution in [-0.4, -0.2) is 36.6 Å². The monoisotopic (exact) mass is 422 g/mol. The molecule has 1 amide bonds. The number of rotatable bonds is 8. The molecule has 0 unspecified atom stereocenters. The SMILES string of the molecule is CCCc1cc(-c2nnc(SCC(=O)Nc3nnc(C)s3)n2C(C)C)cs1. The Labute approximate surface area is 170 Å². The highest BCUT2D eigenvalue weighted by molar-refractivity contribution is 7.99. The molecule has 3 aromatic heterocycles. The fraction of sp³-hybridized carbons (Fsp3) is 0.471. The zero-order valence-corrected chi connectivity index (χ0v) is 18.2. The third kappa shape index (κ3) is 4.94. The molecule has 7 nitrogen and oxygen atoms in total. The molecular weight excluding hydrogens is 400 g/mol. The summed E-state index contributed by atoms with van der Waals surface area (Å²) in [4.78, 5) is 13.5. The first kappa shape index (κ1) is 20.0. The first-order chi connectivity index (χ1) is 13.0. The van der Waals surface area contributed by atoms with E-state index < -0.39 is 0 Å². The van der Waals surface area contributed by atoms with Gasteiger partial charge < -0.3 is 0 Å². The molecule has 0 radical (unpaired) electrons. The number of amides is 1. The van der Waals surface area contributed by atoms with Crippen LogP contribution in [0.2, 0.25) is 0 Å². The molecule has 0 aliphatic rings. The molecule has 144 valence electrons. The number of aryl methyl sites for hydroxylation is 2. The van der Waals surface area contributed by atoms with E-state index in [9.17, 15) is 4.79 Å². The van der Waals surface area contributed by atoms with Crippen LogP contribution in [-0.2, 0) is 11.2 Å². The highest BCUT2D eigenvalue weighted by atomic mass is 32.2. The summed E-state index contributed by atoms with van der Waals surface area (Å²) in [7, 11) is 0. The van der Waals surface area contributed by atoms with Crippen LogP contribution >= 0.6 is 34.4 Å². The van der Waals surface area contributed by atoms with Gasteiger partial charge in [-0.2, -0.15) is 0 Å². The van der Waals surface area contributed by atoms with Gasteiger partial charge in [-0.1, -0.05) is 36.4 Å². The van der Waals surface area contributed by atoms with Gasteiger partial charge in [0.25, 0.3) is 0 Å². The van der Waals surface area contributed by atoms with E-state index >= 15 is 0 Å². The summed E-state index contributed by atoms with van der Waals surface area (Å²) < 4.78 is 2.09. The fourth-order valence-corrected chi connectivity index (χ4v) is 4.99. The quantitative estimate of drug-likeness (QED) is 0.541. The third-order valence-electron chi connectivity index (χ3n) is 3.69. The summed E-state index contributed by atoms with van der Waals surface area (Å²) in [5, 5.41) is 23.5. The number of anilines is 1. The minimum absolute atomic E-state index is 0.128. The van der Waals surface area contributed by atoms with Crippen LogP contribution in [0.1, 0.15) is 43.1 Å². The molecule has 0 bridgehead atoms. The van der Waals surface area contributed by atoms with Gasteiger partial charge in [-0.15, -0.1) is 31.7 Å². The van der Waals surface area contributed by atoms with Crippen molar-refractivity contribution in [1.29, 1.82) is 0 Å². The molecule has 1 N–H and O–H groups in total. The number of carbonyl (C=O) groups excluding carboxylic acids is 1. The van der Waals surface area contributed by atoms with E-state index in [2.05, 4.69) is 62.5 Å². The van der Waals surface area contributed by atoms with Gasteiger partial charge in [0.15, 0.2) is 11.0 Å². The highest BCUT2D eigenvalue weighted by Crippen LogP contribution is 2.31. The van der Waals surface area contributed by atoms with Gasteiger partial charge in [0.2, 0.25) is 11.0 Å². The maximum Gasteiger partial charge on any atom is 0.236 e. The Kier molecular flexibility index (Phi) is 6.61. The van der Waals surface area contributed by atoms with Crippen molar-refractivity contribution in [2.75, 3.05) is 11.1 Å². The predicted molar refractivity (Wildman–Crippen MR) is 112 cm³/mol. The Morgan fingerprint density at radius 1 is 1.30 bits per heavy atom. The molecule has 0 aliphatic carbocycles. The first-order valence-corrected chi connectivity index (χ1v) is 11.4. The van der Waals surface area contributed by atoms with E-state index in [0.717, 1.165) is 34.4 Å². The Morgan fingerprint density at radius 3 is 2.78 bits per heavy atom. The number of nitrogens with one attached hydrogen (secondary N) is 1. The molecule has 3 aromatic rings. The molecular formula is C17H22N6OS3. The van der Waals surface area contributed by atoms with Gasteiger partial charge in [0.1, 0.15) is 5.01 Å². The standard InChI is InChI=1S/C17H22N6OS3/c1-5-6-13-7-12(8-25-13)15-20-22-17(23(15)10(2)3)26-9-14(24)18-16-21-19-11(4)27-16/h7-8,10H,5-6,9H2,1-4H3,(H,18,21,24). The van der Waals surface area contributed by atoms with Gasteiger partial charge >= 0.3 is 0 Å². The van der Waals surface area contributed by atoms with E-state index in [1.54, 1.807) is 11.3 Å². The number of carbonyl (C=O) groups is 1. The molecule has 0 spiro atoms. The summed E-state index contributed by atoms with van der Waals surface area (Å²) in [6, 6.07) is 2.39. The average Bonchev–Trinajstić information content (AvgIpc) is 3.33. The second-order valence-electron chi connectivity index (χ2n) is 6.28. The lowest BCUT2D eigenvalue weighted by molar-refractivity contribution is -0.113. The lowest BCUT2D eigenvalue weighted by Crippen LogP contribution is -2.15. The Hall–Kier alpha value is -1.78. The number of hydrogen-bond acceptors (Lipinski definition) is 8. The average molecular weight is 423 g/mol. The zero-order chi connectivity index (χ0) is 19.4. The number of thioether (sulfide) groups is 1. The number of aromatic nitrogens is 5. The normalized spacial score (nSPS) is 11.3. The van der Waals surface area contributed by atoms with Crippen molar-refractivity contribution in [3.8, 4) is 11.4 Å². The molecule has 3 rings (SSSR count). The van der Waals surface area contributed by atoms with Gasteiger partial charge in [0, 0.05) is 21.9 Å². The molecule has 10 heteroatoms. The van der Waals surface area contributed by atoms with Gasteiger partial charge in [-0.3, -0.25) is 14.7 Å². The van der Waals surface area contributed by atoms with Crippen molar-refractivity contribution >= 4 is 45.5 Å². The minimum Gasteiger partial charge on any atom is -0.300 e. The second-order valence-corrected chi connectivity index (χ2v) is 9.40. The Bertz CT molecular complexity index is 914. The molecule has 0 fully saturated rings. The van der Waals surface area contributed by atoms with Gasteiger partial charge in [-0.25, -0.2) is 0 Å². The van der Waals surface area contributed by atoms with Crippen LogP contribution in [0.5, 0.6) is 0 Å². The summed E-state index contributed by atoms with van der Waals surface area (Å²) in [6.45, 7) is 8.23. The van der Waals surface area contributed by atoms with E-state index in [-0.39, 0.29) is 17.7 Å². The topological polar surface area (TPSA) is 85.6 Å². The van der Waals surface area contributed by atoms with Crippen LogP contribution in [0.25, 0.3) is 11.4 Å². The predicted octanol–water partition coefficient (Wildman–Crippen LogP) is 4.43. The van der Waals surface area contributed by atoms with E-state index in [1.165, 1.54) is 28.0 Å². The van der Waals surface area contributed by atoms with Gasteiger partial charge in [-0.05, 0) is 33.3 Å². The van der Waals surface area contributed by atoms with Crippen LogP contribution in [0.4, 0.5) is 5.13 Å². The number of thiophene rings is 1. The summed E-state index contributed by atoms with van der Waals surface area (Å²) in [6.07, 6.45) is 2.20. The summed E-state index contributed by atoms with van der Waals surface area (Å²) >= 11 is 4.49. The number of nitrogens with zero attached hydrogens (tertiary/aromatic N) is 5. The lowest BCUT2D eigenvalue weighted by Gasteiger charge is -2.12. The number of hydrogen-bond donors (Lipinski definition) is 1. The van der Waals surface area contributed by atoms with Crippen molar-refractivity contribution in [1.82, 2.24) is 25.0 Å². The van der Waals surface area contributed by atoms with Crippen molar-refractivity contribution in [2.24, 2.45) is 0 Å². The largest absolute Gasteiger partial charge is 0.300 e. The maximum atomic E-state index is 12.2. The van der Waals surface area contributed by atoms with Crippen molar-refractivity contribution in [3.63, 3.8) is 0 Å².